The first-order valence-electron chi connectivity index (χ1n) is 12.0. The molecule has 2 atom stereocenters. The fourth-order valence-corrected chi connectivity index (χ4v) is 6.30. The summed E-state index contributed by atoms with van der Waals surface area (Å²) in [7, 11) is 1.42. The van der Waals surface area contributed by atoms with Crippen molar-refractivity contribution in [3.63, 3.8) is 0 Å². The van der Waals surface area contributed by atoms with Crippen LogP contribution in [0.3, 0.4) is 0 Å². The van der Waals surface area contributed by atoms with E-state index in [-0.39, 0.29) is 25.6 Å². The second kappa shape index (κ2) is 7.65. The molecule has 4 aliphatic heterocycles. The third-order valence-corrected chi connectivity index (χ3v) is 7.95. The van der Waals surface area contributed by atoms with Gasteiger partial charge >= 0.3 is 5.97 Å². The van der Waals surface area contributed by atoms with Crippen LogP contribution in [0.5, 0.6) is 23.0 Å². The van der Waals surface area contributed by atoms with Crippen LogP contribution in [0, 0.1) is 0 Å². The lowest BCUT2D eigenvalue weighted by Gasteiger charge is -2.51. The molecule has 0 spiro atoms. The van der Waals surface area contributed by atoms with Crippen molar-refractivity contribution in [3.8, 4) is 23.0 Å². The minimum atomic E-state index is -0.313. The number of methoxy groups -OCH3 is 1. The Kier molecular flexibility index (Phi) is 4.51. The molecule has 35 heavy (non-hydrogen) atoms. The van der Waals surface area contributed by atoms with E-state index < -0.39 is 0 Å². The van der Waals surface area contributed by atoms with E-state index in [9.17, 15) is 4.79 Å². The van der Waals surface area contributed by atoms with Crippen LogP contribution in [-0.2, 0) is 30.7 Å². The highest BCUT2D eigenvalue weighted by atomic mass is 16.7. The van der Waals surface area contributed by atoms with Gasteiger partial charge in [-0.05, 0) is 41.5 Å². The molecule has 0 aromatic heterocycles. The van der Waals surface area contributed by atoms with Crippen molar-refractivity contribution in [2.24, 2.45) is 0 Å². The van der Waals surface area contributed by atoms with Crippen molar-refractivity contribution in [1.29, 1.82) is 0 Å². The van der Waals surface area contributed by atoms with Crippen molar-refractivity contribution in [3.05, 3.63) is 81.9 Å². The van der Waals surface area contributed by atoms with Crippen molar-refractivity contribution < 1.29 is 33.0 Å². The van der Waals surface area contributed by atoms with Gasteiger partial charge in [0, 0.05) is 24.0 Å². The summed E-state index contributed by atoms with van der Waals surface area (Å²) in [5, 5.41) is 0. The van der Waals surface area contributed by atoms with E-state index in [2.05, 4.69) is 24.3 Å². The fourth-order valence-electron chi connectivity index (χ4n) is 6.30. The van der Waals surface area contributed by atoms with Gasteiger partial charge in [0.25, 0.3) is 0 Å². The van der Waals surface area contributed by atoms with Gasteiger partial charge in [-0.1, -0.05) is 18.2 Å². The normalized spacial score (nSPS) is 22.7. The van der Waals surface area contributed by atoms with E-state index in [1.165, 1.54) is 29.4 Å². The Morgan fingerprint density at radius 2 is 1.80 bits per heavy atom. The first-order valence-corrected chi connectivity index (χ1v) is 12.0. The van der Waals surface area contributed by atoms with Crippen LogP contribution in [0.1, 0.15) is 44.2 Å². The molecule has 0 saturated carbocycles. The monoisotopic (exact) mass is 472 g/mol. The van der Waals surface area contributed by atoms with Gasteiger partial charge in [-0.25, -0.2) is 4.79 Å². The first-order chi connectivity index (χ1) is 17.1. The maximum Gasteiger partial charge on any atom is 0.337 e. The Hall–Kier alpha value is -3.71. The summed E-state index contributed by atoms with van der Waals surface area (Å²) in [6.07, 6.45) is 1.84. The summed E-state index contributed by atoms with van der Waals surface area (Å²) < 4.78 is 28.9. The lowest BCUT2D eigenvalue weighted by atomic mass is 9.80. The molecular weight excluding hydrogens is 446 g/mol. The average molecular weight is 473 g/mol. The van der Waals surface area contributed by atoms with E-state index >= 15 is 0 Å². The van der Waals surface area contributed by atoms with Crippen molar-refractivity contribution in [2.45, 2.75) is 32.0 Å². The van der Waals surface area contributed by atoms with E-state index in [4.69, 9.17) is 23.7 Å². The quantitative estimate of drug-likeness (QED) is 0.418. The maximum atomic E-state index is 12.2. The summed E-state index contributed by atoms with van der Waals surface area (Å²) in [5.74, 6) is 3.07. The SMILES string of the molecule is COC(=O)c1cccc(C[N+]23CCc4cc5c(cc4C2Cc2ccc4c(c2C3)OCO4)OCO5)c1. The van der Waals surface area contributed by atoms with E-state index in [1.807, 2.05) is 24.3 Å². The van der Waals surface area contributed by atoms with Crippen molar-refractivity contribution in [1.82, 2.24) is 0 Å². The zero-order valence-corrected chi connectivity index (χ0v) is 19.5. The van der Waals surface area contributed by atoms with Crippen LogP contribution < -0.4 is 18.9 Å². The van der Waals surface area contributed by atoms with Gasteiger partial charge < -0.3 is 28.2 Å². The van der Waals surface area contributed by atoms with Crippen molar-refractivity contribution in [2.75, 3.05) is 27.2 Å². The Balaban J connectivity index is 1.36. The highest BCUT2D eigenvalue weighted by Gasteiger charge is 2.48. The molecular formula is C28H26NO6+. The minimum Gasteiger partial charge on any atom is -0.465 e. The number of benzene rings is 3. The third-order valence-electron chi connectivity index (χ3n) is 7.95. The Morgan fingerprint density at radius 1 is 0.971 bits per heavy atom. The molecule has 178 valence electrons. The predicted molar refractivity (Wildman–Crippen MR) is 126 cm³/mol. The van der Waals surface area contributed by atoms with E-state index in [0.29, 0.717) is 5.56 Å². The standard InChI is InChI=1S/C28H26NO6/c1-31-28(30)20-4-2-3-17(9-20)13-29-8-7-19-11-25-26(34-15-33-25)12-21(19)23(29)10-18-5-6-24-27(22(18)14-29)35-16-32-24/h2-6,9,11-12,23H,7-8,10,13-16H2,1H3/q+1. The number of esters is 1. The largest absolute Gasteiger partial charge is 0.465 e. The topological polar surface area (TPSA) is 63.2 Å². The molecule has 0 bridgehead atoms. The number of fused-ring (bicyclic) bond motifs is 7. The van der Waals surface area contributed by atoms with E-state index in [0.717, 1.165) is 65.5 Å². The van der Waals surface area contributed by atoms with Crippen LogP contribution in [0.4, 0.5) is 0 Å². The van der Waals surface area contributed by atoms with Crippen LogP contribution in [0.25, 0.3) is 0 Å². The second-order valence-electron chi connectivity index (χ2n) is 9.76. The number of rotatable bonds is 3. The zero-order valence-electron chi connectivity index (χ0n) is 19.5. The van der Waals surface area contributed by atoms with Gasteiger partial charge in [-0.15, -0.1) is 0 Å². The molecule has 0 aliphatic carbocycles. The molecule has 0 fully saturated rings. The molecule has 0 amide bonds. The van der Waals surface area contributed by atoms with Crippen LogP contribution in [0.15, 0.2) is 48.5 Å². The average Bonchev–Trinajstić information content (AvgIpc) is 3.55. The summed E-state index contributed by atoms with van der Waals surface area (Å²) in [6.45, 7) is 3.15. The summed E-state index contributed by atoms with van der Waals surface area (Å²) in [5.41, 5.74) is 6.91. The second-order valence-corrected chi connectivity index (χ2v) is 9.76. The molecule has 0 N–H and O–H groups in total. The summed E-state index contributed by atoms with van der Waals surface area (Å²) in [4.78, 5) is 12.2. The van der Waals surface area contributed by atoms with Gasteiger partial charge in [0.05, 0.1) is 24.8 Å². The highest BCUT2D eigenvalue weighted by molar-refractivity contribution is 5.89. The van der Waals surface area contributed by atoms with Gasteiger partial charge in [-0.3, -0.25) is 0 Å². The molecule has 7 rings (SSSR count). The molecule has 4 heterocycles. The lowest BCUT2D eigenvalue weighted by molar-refractivity contribution is -0.985. The lowest BCUT2D eigenvalue weighted by Crippen LogP contribution is -2.55. The van der Waals surface area contributed by atoms with Gasteiger partial charge in [0.2, 0.25) is 13.6 Å². The Bertz CT molecular complexity index is 1370. The maximum absolute atomic E-state index is 12.2. The molecule has 3 aromatic carbocycles. The van der Waals surface area contributed by atoms with Gasteiger partial charge in [0.1, 0.15) is 19.1 Å². The van der Waals surface area contributed by atoms with Crippen molar-refractivity contribution >= 4 is 5.97 Å². The first kappa shape index (κ1) is 20.6. The Labute approximate surface area is 203 Å². The number of hydrogen-bond donors (Lipinski definition) is 0. The van der Waals surface area contributed by atoms with Gasteiger partial charge in [-0.2, -0.15) is 0 Å². The molecule has 4 aliphatic rings. The molecule has 7 nitrogen and oxygen atoms in total. The number of carbonyl (C=O) groups is 1. The summed E-state index contributed by atoms with van der Waals surface area (Å²) >= 11 is 0. The number of nitrogens with zero attached hydrogens (tertiary/aromatic N) is 1. The predicted octanol–water partition coefficient (Wildman–Crippen LogP) is 4.30. The molecule has 7 heteroatoms. The van der Waals surface area contributed by atoms with E-state index in [1.54, 1.807) is 0 Å². The third kappa shape index (κ3) is 3.18. The molecule has 0 saturated heterocycles. The zero-order chi connectivity index (χ0) is 23.6. The summed E-state index contributed by atoms with van der Waals surface area (Å²) in [6, 6.07) is 16.7. The Morgan fingerprint density at radius 3 is 2.69 bits per heavy atom. The fraction of sp³-hybridized carbons (Fsp3) is 0.321. The number of carbonyl (C=O) groups excluding carboxylic acids is 1. The number of quaternary nitrogens is 1. The number of ether oxygens (including phenoxy) is 5. The smallest absolute Gasteiger partial charge is 0.337 e. The van der Waals surface area contributed by atoms with Crippen LogP contribution in [0.2, 0.25) is 0 Å². The molecule has 2 unspecified atom stereocenters. The highest BCUT2D eigenvalue weighted by Crippen LogP contribution is 2.51. The number of hydrogen-bond acceptors (Lipinski definition) is 6. The molecule has 3 aromatic rings. The molecule has 0 radical (unpaired) electrons. The van der Waals surface area contributed by atoms with Crippen LogP contribution >= 0.6 is 0 Å². The minimum absolute atomic E-state index is 0.253. The van der Waals surface area contributed by atoms with Crippen LogP contribution in [-0.4, -0.2) is 37.7 Å². The van der Waals surface area contributed by atoms with Gasteiger partial charge in [0.15, 0.2) is 23.0 Å².